The van der Waals surface area contributed by atoms with Crippen LogP contribution in [-0.4, -0.2) is 19.1 Å². The van der Waals surface area contributed by atoms with Crippen molar-refractivity contribution in [2.45, 2.75) is 0 Å². The fourth-order valence-corrected chi connectivity index (χ4v) is 10.8. The van der Waals surface area contributed by atoms with E-state index >= 15 is 0 Å². The maximum Gasteiger partial charge on any atom is 0.0969 e. The first-order chi connectivity index (χ1) is 29.8. The number of benzene rings is 10. The molecule has 14 rings (SSSR count). The minimum absolute atomic E-state index is 0.995. The van der Waals surface area contributed by atoms with E-state index in [1.165, 1.54) is 75.4 Å². The van der Waals surface area contributed by atoms with E-state index in [-0.39, 0.29) is 0 Å². The molecule has 10 aromatic carbocycles. The standard InChI is InChI=1S/C56H32N4/c1-3-17-35-33(15-1)31-47(39-21-7-5-19-37(35)39)59-45-27-13-29-57-53(45)51-43-25-11-10-24-42(43)50-49(55(51)59)41-23-9-12-26-44(41)52-54-46(28-14-30-58-54)60(56(50)52)48-32-34-16-2-4-18-36(34)38-20-6-8-22-40(38)48/h1-32H. The van der Waals surface area contributed by atoms with Gasteiger partial charge >= 0.3 is 0 Å². The summed E-state index contributed by atoms with van der Waals surface area (Å²) in [6.45, 7) is 0. The monoisotopic (exact) mass is 760 g/mol. The number of nitrogens with zero attached hydrogens (tertiary/aromatic N) is 4. The van der Waals surface area contributed by atoms with Crippen LogP contribution in [0.2, 0.25) is 0 Å². The lowest BCUT2D eigenvalue weighted by Gasteiger charge is -2.19. The molecule has 0 saturated carbocycles. The molecular formula is C56H32N4. The number of hydrogen-bond donors (Lipinski definition) is 0. The van der Waals surface area contributed by atoms with Crippen molar-refractivity contribution in [3.8, 4) is 11.4 Å². The molecule has 60 heavy (non-hydrogen) atoms. The van der Waals surface area contributed by atoms with Gasteiger partial charge in [0.05, 0.1) is 44.5 Å². The Labute approximate surface area is 342 Å². The van der Waals surface area contributed by atoms with E-state index in [1.54, 1.807) is 0 Å². The Morgan fingerprint density at radius 3 is 1.03 bits per heavy atom. The first kappa shape index (κ1) is 31.9. The van der Waals surface area contributed by atoms with Gasteiger partial charge in [-0.15, -0.1) is 0 Å². The number of pyridine rings is 2. The molecule has 0 aliphatic heterocycles. The van der Waals surface area contributed by atoms with E-state index in [9.17, 15) is 0 Å². The highest BCUT2D eigenvalue weighted by Crippen LogP contribution is 2.51. The minimum Gasteiger partial charge on any atom is -0.306 e. The van der Waals surface area contributed by atoms with Gasteiger partial charge in [-0.2, -0.15) is 0 Å². The number of aromatic nitrogens is 4. The predicted octanol–water partition coefficient (Wildman–Crippen LogP) is 14.7. The van der Waals surface area contributed by atoms with Crippen molar-refractivity contribution < 1.29 is 0 Å². The van der Waals surface area contributed by atoms with Crippen molar-refractivity contribution in [2.75, 3.05) is 0 Å². The van der Waals surface area contributed by atoms with Crippen LogP contribution in [0.25, 0.3) is 131 Å². The lowest BCUT2D eigenvalue weighted by atomic mass is 9.91. The molecular weight excluding hydrogens is 729 g/mol. The molecule has 0 fully saturated rings. The van der Waals surface area contributed by atoms with Gasteiger partial charge in [-0.1, -0.05) is 146 Å². The lowest BCUT2D eigenvalue weighted by molar-refractivity contribution is 1.20. The largest absolute Gasteiger partial charge is 0.306 e. The van der Waals surface area contributed by atoms with Crippen LogP contribution in [0.15, 0.2) is 194 Å². The fourth-order valence-electron chi connectivity index (χ4n) is 10.8. The molecule has 4 heteroatoms. The third kappa shape index (κ3) is 4.04. The van der Waals surface area contributed by atoms with Gasteiger partial charge < -0.3 is 9.13 Å². The predicted molar refractivity (Wildman–Crippen MR) is 253 cm³/mol. The minimum atomic E-state index is 0.995. The molecule has 0 aliphatic carbocycles. The van der Waals surface area contributed by atoms with Gasteiger partial charge in [0.1, 0.15) is 0 Å². The molecule has 4 heterocycles. The second-order valence-electron chi connectivity index (χ2n) is 16.0. The topological polar surface area (TPSA) is 35.6 Å². The Morgan fingerprint density at radius 1 is 0.283 bits per heavy atom. The van der Waals surface area contributed by atoms with Crippen LogP contribution in [0, 0.1) is 0 Å². The van der Waals surface area contributed by atoms with Crippen LogP contribution in [0.1, 0.15) is 0 Å². The molecule has 4 nitrogen and oxygen atoms in total. The van der Waals surface area contributed by atoms with Gasteiger partial charge in [-0.3, -0.25) is 9.97 Å². The third-order valence-electron chi connectivity index (χ3n) is 13.1. The second-order valence-corrected chi connectivity index (χ2v) is 16.0. The average molecular weight is 761 g/mol. The van der Waals surface area contributed by atoms with Crippen molar-refractivity contribution in [3.63, 3.8) is 0 Å². The van der Waals surface area contributed by atoms with Gasteiger partial charge in [0, 0.05) is 44.7 Å². The summed E-state index contributed by atoms with van der Waals surface area (Å²) in [5, 5.41) is 19.2. The van der Waals surface area contributed by atoms with E-state index < -0.39 is 0 Å². The van der Waals surface area contributed by atoms with E-state index in [1.807, 2.05) is 12.4 Å². The molecule has 0 bridgehead atoms. The quantitative estimate of drug-likeness (QED) is 0.165. The summed E-state index contributed by atoms with van der Waals surface area (Å²) in [4.78, 5) is 10.4. The highest BCUT2D eigenvalue weighted by molar-refractivity contribution is 6.44. The van der Waals surface area contributed by atoms with Crippen molar-refractivity contribution in [3.05, 3.63) is 194 Å². The summed E-state index contributed by atoms with van der Waals surface area (Å²) in [5.74, 6) is 0. The van der Waals surface area contributed by atoms with Crippen LogP contribution in [-0.2, 0) is 0 Å². The van der Waals surface area contributed by atoms with Crippen molar-refractivity contribution in [2.24, 2.45) is 0 Å². The summed E-state index contributed by atoms with van der Waals surface area (Å²) in [7, 11) is 0. The average Bonchev–Trinajstić information content (AvgIpc) is 3.85. The molecule has 0 atom stereocenters. The molecule has 0 amide bonds. The fraction of sp³-hybridized carbons (Fsp3) is 0. The van der Waals surface area contributed by atoms with Crippen molar-refractivity contribution in [1.82, 2.24) is 19.1 Å². The van der Waals surface area contributed by atoms with Crippen LogP contribution in [0.5, 0.6) is 0 Å². The van der Waals surface area contributed by atoms with Gasteiger partial charge in [0.25, 0.3) is 0 Å². The SMILES string of the molecule is c1ccc2c(c1)cc(-n1c3cccnc3c3c4ccccc4c4c(c5ccccc5c5c6ncccc6n(-c6cc7ccccc7c7ccccc67)c54)c31)c1ccccc12. The Bertz CT molecular complexity index is 3920. The normalized spacial score (nSPS) is 12.3. The smallest absolute Gasteiger partial charge is 0.0969 e. The zero-order valence-electron chi connectivity index (χ0n) is 32.3. The Kier molecular flexibility index (Phi) is 6.26. The Hall–Kier alpha value is -8.08. The zero-order chi connectivity index (χ0) is 39.1. The van der Waals surface area contributed by atoms with E-state index in [0.29, 0.717) is 0 Å². The zero-order valence-corrected chi connectivity index (χ0v) is 32.3. The molecule has 0 saturated heterocycles. The third-order valence-corrected chi connectivity index (χ3v) is 13.1. The van der Waals surface area contributed by atoms with Crippen LogP contribution in [0.3, 0.4) is 0 Å². The summed E-state index contributed by atoms with van der Waals surface area (Å²) in [6.07, 6.45) is 3.89. The number of fused-ring (bicyclic) bond motifs is 21. The summed E-state index contributed by atoms with van der Waals surface area (Å²) >= 11 is 0. The molecule has 0 aliphatic rings. The molecule has 4 aromatic heterocycles. The van der Waals surface area contributed by atoms with Crippen LogP contribution in [0.4, 0.5) is 0 Å². The van der Waals surface area contributed by atoms with Gasteiger partial charge in [0.15, 0.2) is 0 Å². The summed E-state index contributed by atoms with van der Waals surface area (Å²) in [6, 6.07) is 66.6. The first-order valence-electron chi connectivity index (χ1n) is 20.6. The summed E-state index contributed by atoms with van der Waals surface area (Å²) < 4.78 is 5.05. The van der Waals surface area contributed by atoms with E-state index in [0.717, 1.165) is 55.2 Å². The number of rotatable bonds is 2. The van der Waals surface area contributed by atoms with Crippen LogP contribution < -0.4 is 0 Å². The molecule has 0 unspecified atom stereocenters. The maximum absolute atomic E-state index is 5.22. The van der Waals surface area contributed by atoms with E-state index in [2.05, 4.69) is 191 Å². The van der Waals surface area contributed by atoms with Crippen LogP contribution >= 0.6 is 0 Å². The Balaban J connectivity index is 1.32. The summed E-state index contributed by atoms with van der Waals surface area (Å²) in [5.41, 5.74) is 8.74. The van der Waals surface area contributed by atoms with Gasteiger partial charge in [-0.25, -0.2) is 0 Å². The highest BCUT2D eigenvalue weighted by Gasteiger charge is 2.28. The van der Waals surface area contributed by atoms with Gasteiger partial charge in [-0.05, 0) is 90.3 Å². The molecule has 276 valence electrons. The highest BCUT2D eigenvalue weighted by atomic mass is 15.0. The first-order valence-corrected chi connectivity index (χ1v) is 20.6. The maximum atomic E-state index is 5.22. The molecule has 14 aromatic rings. The lowest BCUT2D eigenvalue weighted by Crippen LogP contribution is -2.00. The second kappa shape index (κ2) is 11.8. The van der Waals surface area contributed by atoms with Crippen molar-refractivity contribution >= 4 is 119 Å². The molecule has 0 spiro atoms. The van der Waals surface area contributed by atoms with E-state index in [4.69, 9.17) is 9.97 Å². The molecule has 0 N–H and O–H groups in total. The number of hydrogen-bond acceptors (Lipinski definition) is 2. The van der Waals surface area contributed by atoms with Crippen molar-refractivity contribution in [1.29, 1.82) is 0 Å². The van der Waals surface area contributed by atoms with Gasteiger partial charge in [0.2, 0.25) is 0 Å². The molecule has 0 radical (unpaired) electrons. The Morgan fingerprint density at radius 2 is 0.617 bits per heavy atom.